The normalized spacial score (nSPS) is 17.6. The Morgan fingerprint density at radius 3 is 2.05 bits per heavy atom. The fourth-order valence-electron chi connectivity index (χ4n) is 4.47. The fraction of sp³-hybridized carbons (Fsp3) is 0.731. The van der Waals surface area contributed by atoms with Gasteiger partial charge in [0.25, 0.3) is 0 Å². The van der Waals surface area contributed by atoms with E-state index in [9.17, 15) is 33.9 Å². The van der Waals surface area contributed by atoms with E-state index in [1.807, 2.05) is 0 Å². The number of nitrogens with one attached hydrogen (secondary N) is 3. The second-order valence-electron chi connectivity index (χ2n) is 11.2. The number of hydrogen-bond acceptors (Lipinski definition) is 8. The number of hydrogen-bond donors (Lipinski definition) is 8. The summed E-state index contributed by atoms with van der Waals surface area (Å²) in [5.41, 5.74) is 21.9. The Morgan fingerprint density at radius 2 is 1.52 bits per heavy atom. The zero-order valence-corrected chi connectivity index (χ0v) is 24.8. The van der Waals surface area contributed by atoms with E-state index in [-0.39, 0.29) is 43.6 Å². The largest absolute Gasteiger partial charge is 0.480 e. The van der Waals surface area contributed by atoms with E-state index in [1.54, 1.807) is 27.7 Å². The third kappa shape index (κ3) is 11.9. The molecule has 0 bridgehead atoms. The van der Waals surface area contributed by atoms with E-state index in [0.29, 0.717) is 19.4 Å². The zero-order chi connectivity index (χ0) is 32.1. The molecule has 5 atom stereocenters. The first kappa shape index (κ1) is 36.1. The average Bonchev–Trinajstić information content (AvgIpc) is 3.37. The minimum Gasteiger partial charge on any atom is -0.480 e. The number of carboxylic acid groups (broad SMARTS) is 1. The molecule has 42 heavy (non-hydrogen) atoms. The van der Waals surface area contributed by atoms with Crippen LogP contribution in [0.3, 0.4) is 0 Å². The lowest BCUT2D eigenvalue weighted by atomic mass is 10.0. The maximum atomic E-state index is 13.3. The molecule has 0 aromatic heterocycles. The van der Waals surface area contributed by atoms with Crippen molar-refractivity contribution in [3.63, 3.8) is 0 Å². The van der Waals surface area contributed by atoms with E-state index in [4.69, 9.17) is 22.9 Å². The van der Waals surface area contributed by atoms with Gasteiger partial charge < -0.3 is 48.9 Å². The van der Waals surface area contributed by atoms with Crippen LogP contribution in [0.4, 0.5) is 0 Å². The second-order valence-corrected chi connectivity index (χ2v) is 11.2. The van der Waals surface area contributed by atoms with Crippen LogP contribution in [0, 0.1) is 11.8 Å². The highest BCUT2D eigenvalue weighted by atomic mass is 16.4. The van der Waals surface area contributed by atoms with Crippen LogP contribution in [0.25, 0.3) is 0 Å². The van der Waals surface area contributed by atoms with Gasteiger partial charge >= 0.3 is 5.97 Å². The molecule has 1 aliphatic rings. The molecule has 5 amide bonds. The van der Waals surface area contributed by atoms with Crippen LogP contribution in [-0.2, 0) is 28.8 Å². The van der Waals surface area contributed by atoms with Gasteiger partial charge in [-0.25, -0.2) is 4.79 Å². The van der Waals surface area contributed by atoms with Crippen molar-refractivity contribution in [1.29, 1.82) is 0 Å². The van der Waals surface area contributed by atoms with Crippen molar-refractivity contribution in [1.82, 2.24) is 20.9 Å². The Balaban J connectivity index is 3.04. The average molecular weight is 598 g/mol. The molecule has 0 aromatic carbocycles. The molecular formula is C26H47N9O7. The van der Waals surface area contributed by atoms with Crippen LogP contribution >= 0.6 is 0 Å². The number of primary amides is 1. The number of nitrogens with two attached hydrogens (primary N) is 4. The number of rotatable bonds is 17. The number of likely N-dealkylation sites (tertiary alicyclic amines) is 1. The van der Waals surface area contributed by atoms with Crippen LogP contribution in [0.2, 0.25) is 0 Å². The maximum absolute atomic E-state index is 13.3. The zero-order valence-electron chi connectivity index (χ0n) is 24.8. The van der Waals surface area contributed by atoms with Gasteiger partial charge in [0, 0.05) is 13.1 Å². The first-order chi connectivity index (χ1) is 19.5. The van der Waals surface area contributed by atoms with Crippen molar-refractivity contribution in [2.75, 3.05) is 13.1 Å². The molecule has 1 saturated heterocycles. The summed E-state index contributed by atoms with van der Waals surface area (Å²) in [6, 6.07) is -5.60. The van der Waals surface area contributed by atoms with Crippen LogP contribution in [0.1, 0.15) is 66.2 Å². The molecule has 16 nitrogen and oxygen atoms in total. The molecule has 1 aliphatic heterocycles. The monoisotopic (exact) mass is 597 g/mol. The summed E-state index contributed by atoms with van der Waals surface area (Å²) < 4.78 is 0. The predicted molar refractivity (Wildman–Crippen MR) is 154 cm³/mol. The quantitative estimate of drug-likeness (QED) is 0.0494. The number of aliphatic imine (C=N–C) groups is 1. The molecular weight excluding hydrogens is 550 g/mol. The number of carboxylic acids is 1. The highest BCUT2D eigenvalue weighted by molar-refractivity contribution is 5.97. The maximum Gasteiger partial charge on any atom is 0.326 e. The molecule has 238 valence electrons. The Labute approximate surface area is 245 Å². The lowest BCUT2D eigenvalue weighted by Crippen LogP contribution is -2.59. The van der Waals surface area contributed by atoms with Gasteiger partial charge in [-0.05, 0) is 43.9 Å². The van der Waals surface area contributed by atoms with Crippen molar-refractivity contribution < 1.29 is 33.9 Å². The number of nitrogens with zero attached hydrogens (tertiary/aromatic N) is 2. The third-order valence-electron chi connectivity index (χ3n) is 6.78. The van der Waals surface area contributed by atoms with Gasteiger partial charge in [-0.1, -0.05) is 27.7 Å². The summed E-state index contributed by atoms with van der Waals surface area (Å²) in [7, 11) is 0. The summed E-state index contributed by atoms with van der Waals surface area (Å²) >= 11 is 0. The minimum absolute atomic E-state index is 0.0254. The molecule has 0 spiro atoms. The standard InChI is InChI=1S/C26H47N9O7/c1-13(2)11-16(21(37)32-15(25(41)42)7-5-9-31-26(29)30)33-22(38)17(12-19(27)36)34-23(39)18-8-6-10-35(18)24(40)20(28)14(3)4/h13-18,20H,5-12,28H2,1-4H3,(H2,27,36)(H,32,37)(H,33,38)(H,34,39)(H,41,42)(H4,29,30,31)/t15-,16-,17-,18-,20-/m0/s1. The summed E-state index contributed by atoms with van der Waals surface area (Å²) in [4.78, 5) is 81.0. The topological polar surface area (TPSA) is 278 Å². The first-order valence-corrected chi connectivity index (χ1v) is 14.1. The Bertz CT molecular complexity index is 1010. The Kier molecular flexibility index (Phi) is 14.7. The van der Waals surface area contributed by atoms with E-state index >= 15 is 0 Å². The summed E-state index contributed by atoms with van der Waals surface area (Å²) in [5.74, 6) is -5.23. The number of carbonyl (C=O) groups is 6. The van der Waals surface area contributed by atoms with Gasteiger partial charge in [-0.2, -0.15) is 0 Å². The molecule has 0 aromatic rings. The first-order valence-electron chi connectivity index (χ1n) is 14.1. The second kappa shape index (κ2) is 17.1. The molecule has 16 heteroatoms. The molecule has 0 aliphatic carbocycles. The minimum atomic E-state index is -1.44. The summed E-state index contributed by atoms with van der Waals surface area (Å²) in [6.07, 6.45) is 0.749. The highest BCUT2D eigenvalue weighted by Gasteiger charge is 2.39. The van der Waals surface area contributed by atoms with Gasteiger partial charge in [-0.15, -0.1) is 0 Å². The molecule has 1 fully saturated rings. The van der Waals surface area contributed by atoms with Crippen LogP contribution in [-0.4, -0.2) is 94.8 Å². The van der Waals surface area contributed by atoms with Crippen molar-refractivity contribution in [3.8, 4) is 0 Å². The molecule has 0 saturated carbocycles. The third-order valence-corrected chi connectivity index (χ3v) is 6.78. The van der Waals surface area contributed by atoms with Crippen LogP contribution in [0.5, 0.6) is 0 Å². The van der Waals surface area contributed by atoms with E-state index < -0.39 is 72.1 Å². The Hall–Kier alpha value is -3.95. The number of guanidine groups is 1. The van der Waals surface area contributed by atoms with E-state index in [2.05, 4.69) is 20.9 Å². The van der Waals surface area contributed by atoms with Crippen molar-refractivity contribution in [3.05, 3.63) is 0 Å². The molecule has 0 radical (unpaired) electrons. The number of amides is 5. The lowest BCUT2D eigenvalue weighted by Gasteiger charge is -2.29. The molecule has 0 unspecified atom stereocenters. The van der Waals surface area contributed by atoms with Gasteiger partial charge in [0.1, 0.15) is 24.2 Å². The van der Waals surface area contributed by atoms with E-state index in [0.717, 1.165) is 0 Å². The Morgan fingerprint density at radius 1 is 0.929 bits per heavy atom. The lowest BCUT2D eigenvalue weighted by molar-refractivity contribution is -0.143. The van der Waals surface area contributed by atoms with Crippen molar-refractivity contribution in [2.24, 2.45) is 39.8 Å². The predicted octanol–water partition coefficient (Wildman–Crippen LogP) is -2.53. The van der Waals surface area contributed by atoms with E-state index in [1.165, 1.54) is 4.90 Å². The van der Waals surface area contributed by atoms with Crippen LogP contribution < -0.4 is 38.9 Å². The molecule has 12 N–H and O–H groups in total. The molecule has 1 heterocycles. The van der Waals surface area contributed by atoms with Crippen molar-refractivity contribution in [2.45, 2.75) is 96.4 Å². The van der Waals surface area contributed by atoms with Crippen molar-refractivity contribution >= 4 is 41.5 Å². The smallest absolute Gasteiger partial charge is 0.326 e. The summed E-state index contributed by atoms with van der Waals surface area (Å²) in [5, 5.41) is 17.0. The van der Waals surface area contributed by atoms with Gasteiger partial charge in [-0.3, -0.25) is 29.0 Å². The SMILES string of the molecule is CC(C)C[C@H](NC(=O)[C@H](CC(N)=O)NC(=O)[C@@H]1CCCN1C(=O)[C@@H](N)C(C)C)C(=O)N[C@@H](CCCN=C(N)N)C(=O)O. The molecule has 1 rings (SSSR count). The highest BCUT2D eigenvalue weighted by Crippen LogP contribution is 2.20. The fourth-order valence-corrected chi connectivity index (χ4v) is 4.47. The van der Waals surface area contributed by atoms with Gasteiger partial charge in [0.05, 0.1) is 12.5 Å². The van der Waals surface area contributed by atoms with Crippen LogP contribution in [0.15, 0.2) is 4.99 Å². The van der Waals surface area contributed by atoms with Gasteiger partial charge in [0.15, 0.2) is 5.96 Å². The number of aliphatic carboxylic acids is 1. The summed E-state index contributed by atoms with van der Waals surface area (Å²) in [6.45, 7) is 7.65. The number of carbonyl (C=O) groups excluding carboxylic acids is 5. The van der Waals surface area contributed by atoms with Gasteiger partial charge in [0.2, 0.25) is 29.5 Å².